The molecule has 0 saturated carbocycles. The second-order valence-electron chi connectivity index (χ2n) is 4.53. The molecule has 4 nitrogen and oxygen atoms in total. The molecule has 0 aromatic heterocycles. The lowest BCUT2D eigenvalue weighted by atomic mass is 10.2. The highest BCUT2D eigenvalue weighted by molar-refractivity contribution is 7.82. The lowest BCUT2D eigenvalue weighted by molar-refractivity contribution is 0.0977. The number of carbonyl (C=O) groups is 1. The molecule has 0 atom stereocenters. The largest absolute Gasteiger partial charge is 0.332 e. The van der Waals surface area contributed by atoms with Gasteiger partial charge < -0.3 is 10.6 Å². The van der Waals surface area contributed by atoms with Gasteiger partial charge in [-0.25, -0.2) is 4.39 Å². The number of halogens is 3. The van der Waals surface area contributed by atoms with E-state index in [0.717, 1.165) is 0 Å². The number of nitrogens with one attached hydrogen (secondary N) is 3. The molecule has 0 spiro atoms. The normalized spacial score (nSPS) is 9.96. The predicted octanol–water partition coefficient (Wildman–Crippen LogP) is 4.13. The monoisotopic (exact) mass is 401 g/mol. The SMILES string of the molecule is O=C(NC(=S)NC(=S)Nc1cc(F)cc(Cl)c1)c1ccc(Cl)cc1. The van der Waals surface area contributed by atoms with Gasteiger partial charge in [0.05, 0.1) is 0 Å². The summed E-state index contributed by atoms with van der Waals surface area (Å²) in [6.45, 7) is 0. The number of hydrogen-bond donors (Lipinski definition) is 3. The zero-order valence-corrected chi connectivity index (χ0v) is 15.0. The predicted molar refractivity (Wildman–Crippen MR) is 102 cm³/mol. The molecule has 2 rings (SSSR count). The van der Waals surface area contributed by atoms with Crippen molar-refractivity contribution in [3.05, 3.63) is 63.9 Å². The highest BCUT2D eigenvalue weighted by Crippen LogP contribution is 2.17. The molecular weight excluding hydrogens is 392 g/mol. The molecule has 24 heavy (non-hydrogen) atoms. The molecule has 0 aliphatic heterocycles. The van der Waals surface area contributed by atoms with Crippen molar-refractivity contribution in [2.75, 3.05) is 5.32 Å². The summed E-state index contributed by atoms with van der Waals surface area (Å²) in [6, 6.07) is 10.2. The number of amides is 1. The molecule has 0 unspecified atom stereocenters. The summed E-state index contributed by atoms with van der Waals surface area (Å²) in [7, 11) is 0. The minimum atomic E-state index is -0.508. The summed E-state index contributed by atoms with van der Waals surface area (Å²) in [6.07, 6.45) is 0. The Balaban J connectivity index is 1.90. The van der Waals surface area contributed by atoms with Crippen molar-refractivity contribution in [1.82, 2.24) is 10.6 Å². The first kappa shape index (κ1) is 18.5. The van der Waals surface area contributed by atoms with Gasteiger partial charge in [0.2, 0.25) is 0 Å². The molecule has 124 valence electrons. The third-order valence-corrected chi connectivity index (χ3v) is 3.56. The van der Waals surface area contributed by atoms with Crippen LogP contribution in [-0.4, -0.2) is 16.1 Å². The minimum Gasteiger partial charge on any atom is -0.332 e. The van der Waals surface area contributed by atoms with Crippen LogP contribution in [0.3, 0.4) is 0 Å². The van der Waals surface area contributed by atoms with Crippen molar-refractivity contribution in [3.8, 4) is 0 Å². The van der Waals surface area contributed by atoms with E-state index in [9.17, 15) is 9.18 Å². The molecule has 0 radical (unpaired) electrons. The van der Waals surface area contributed by atoms with E-state index in [-0.39, 0.29) is 15.2 Å². The summed E-state index contributed by atoms with van der Waals surface area (Å²) in [4.78, 5) is 12.0. The maximum absolute atomic E-state index is 13.2. The van der Waals surface area contributed by atoms with Gasteiger partial charge in [-0.15, -0.1) is 0 Å². The summed E-state index contributed by atoms with van der Waals surface area (Å²) in [5.41, 5.74) is 0.740. The Morgan fingerprint density at radius 3 is 2.21 bits per heavy atom. The summed E-state index contributed by atoms with van der Waals surface area (Å²) in [5.74, 6) is -0.924. The van der Waals surface area contributed by atoms with E-state index in [1.807, 2.05) is 0 Å². The number of hydrogen-bond acceptors (Lipinski definition) is 3. The van der Waals surface area contributed by atoms with Gasteiger partial charge in [-0.2, -0.15) is 0 Å². The van der Waals surface area contributed by atoms with E-state index in [1.54, 1.807) is 24.3 Å². The number of anilines is 1. The standard InChI is InChI=1S/C15H10Cl2FN3OS2/c16-9-3-1-8(2-4-9)13(22)20-15(24)21-14(23)19-12-6-10(17)5-11(18)7-12/h1-7H,(H3,19,20,21,22,23,24). The maximum atomic E-state index is 13.2. The zero-order chi connectivity index (χ0) is 17.7. The van der Waals surface area contributed by atoms with Crippen LogP contribution in [0.25, 0.3) is 0 Å². The van der Waals surface area contributed by atoms with Crippen LogP contribution in [0.15, 0.2) is 42.5 Å². The van der Waals surface area contributed by atoms with Gasteiger partial charge in [0.1, 0.15) is 5.82 Å². The number of thiocarbonyl (C=S) groups is 2. The molecular formula is C15H10Cl2FN3OS2. The van der Waals surface area contributed by atoms with Crippen LogP contribution >= 0.6 is 47.6 Å². The minimum absolute atomic E-state index is 0.00468. The molecule has 3 N–H and O–H groups in total. The van der Waals surface area contributed by atoms with Gasteiger partial charge in [0.25, 0.3) is 5.91 Å². The van der Waals surface area contributed by atoms with Crippen LogP contribution in [-0.2, 0) is 0 Å². The molecule has 9 heteroatoms. The fraction of sp³-hybridized carbons (Fsp3) is 0. The van der Waals surface area contributed by atoms with E-state index in [4.69, 9.17) is 47.6 Å². The van der Waals surface area contributed by atoms with Gasteiger partial charge in [-0.3, -0.25) is 10.1 Å². The molecule has 2 aromatic rings. The smallest absolute Gasteiger partial charge is 0.257 e. The summed E-state index contributed by atoms with van der Waals surface area (Å²) >= 11 is 21.6. The maximum Gasteiger partial charge on any atom is 0.257 e. The molecule has 1 amide bonds. The van der Waals surface area contributed by atoms with Crippen LogP contribution in [0.4, 0.5) is 10.1 Å². The Kier molecular flexibility index (Phi) is 6.44. The van der Waals surface area contributed by atoms with Gasteiger partial charge in [-0.1, -0.05) is 23.2 Å². The molecule has 0 aliphatic carbocycles. The van der Waals surface area contributed by atoms with E-state index < -0.39 is 11.7 Å². The average molecular weight is 402 g/mol. The zero-order valence-electron chi connectivity index (χ0n) is 11.9. The van der Waals surface area contributed by atoms with Crippen LogP contribution < -0.4 is 16.0 Å². The van der Waals surface area contributed by atoms with Gasteiger partial charge in [0.15, 0.2) is 10.2 Å². The topological polar surface area (TPSA) is 53.2 Å². The van der Waals surface area contributed by atoms with Crippen molar-refractivity contribution >= 4 is 69.5 Å². The quantitative estimate of drug-likeness (QED) is 0.660. The molecule has 0 aliphatic rings. The van der Waals surface area contributed by atoms with Crippen LogP contribution in [0.2, 0.25) is 10.0 Å². The van der Waals surface area contributed by atoms with Gasteiger partial charge in [-0.05, 0) is 66.9 Å². The number of rotatable bonds is 2. The first-order valence-corrected chi connectivity index (χ1v) is 8.06. The lowest BCUT2D eigenvalue weighted by Gasteiger charge is -2.12. The second kappa shape index (κ2) is 8.34. The van der Waals surface area contributed by atoms with Crippen LogP contribution in [0, 0.1) is 5.82 Å². The van der Waals surface area contributed by atoms with E-state index in [2.05, 4.69) is 16.0 Å². The molecule has 0 fully saturated rings. The van der Waals surface area contributed by atoms with Gasteiger partial charge >= 0.3 is 0 Å². The van der Waals surface area contributed by atoms with Crippen molar-refractivity contribution < 1.29 is 9.18 Å². The molecule has 0 bridgehead atoms. The molecule has 0 heterocycles. The van der Waals surface area contributed by atoms with Crippen molar-refractivity contribution in [1.29, 1.82) is 0 Å². The Bertz CT molecular complexity index is 780. The first-order chi connectivity index (χ1) is 11.3. The van der Waals surface area contributed by atoms with Crippen molar-refractivity contribution in [3.63, 3.8) is 0 Å². The highest BCUT2D eigenvalue weighted by atomic mass is 35.5. The molecule has 2 aromatic carbocycles. The third kappa shape index (κ3) is 5.68. The fourth-order valence-electron chi connectivity index (χ4n) is 1.70. The second-order valence-corrected chi connectivity index (χ2v) is 6.22. The number of carbonyl (C=O) groups excluding carboxylic acids is 1. The Morgan fingerprint density at radius 2 is 1.58 bits per heavy atom. The van der Waals surface area contributed by atoms with E-state index in [0.29, 0.717) is 16.3 Å². The highest BCUT2D eigenvalue weighted by Gasteiger charge is 2.09. The molecule has 0 saturated heterocycles. The Morgan fingerprint density at radius 1 is 0.917 bits per heavy atom. The summed E-state index contributed by atoms with van der Waals surface area (Å²) < 4.78 is 13.2. The lowest BCUT2D eigenvalue weighted by Crippen LogP contribution is -2.43. The Labute approximate surface area is 158 Å². The van der Waals surface area contributed by atoms with Crippen molar-refractivity contribution in [2.24, 2.45) is 0 Å². The van der Waals surface area contributed by atoms with Gasteiger partial charge in [0, 0.05) is 21.3 Å². The van der Waals surface area contributed by atoms with Crippen molar-refractivity contribution in [2.45, 2.75) is 0 Å². The van der Waals surface area contributed by atoms with E-state index in [1.165, 1.54) is 18.2 Å². The third-order valence-electron chi connectivity index (χ3n) is 2.68. The average Bonchev–Trinajstić information content (AvgIpc) is 2.46. The Hall–Kier alpha value is -1.80. The van der Waals surface area contributed by atoms with Crippen LogP contribution in [0.1, 0.15) is 10.4 Å². The number of benzene rings is 2. The van der Waals surface area contributed by atoms with E-state index >= 15 is 0 Å². The first-order valence-electron chi connectivity index (χ1n) is 6.48. The van der Waals surface area contributed by atoms with Crippen LogP contribution in [0.5, 0.6) is 0 Å². The fourth-order valence-corrected chi connectivity index (χ4v) is 2.53. The summed E-state index contributed by atoms with van der Waals surface area (Å²) in [5, 5.41) is 8.61.